The molecule has 0 aliphatic carbocycles. The van der Waals surface area contributed by atoms with E-state index in [1.54, 1.807) is 6.92 Å². The third-order valence-electron chi connectivity index (χ3n) is 6.14. The molecule has 0 saturated carbocycles. The van der Waals surface area contributed by atoms with Crippen molar-refractivity contribution in [3.05, 3.63) is 69.0 Å². The Balaban J connectivity index is 1.60. The van der Waals surface area contributed by atoms with E-state index in [9.17, 15) is 22.4 Å². The molecule has 4 rings (SSSR count). The molecule has 1 fully saturated rings. The lowest BCUT2D eigenvalue weighted by atomic mass is 9.83. The Morgan fingerprint density at radius 3 is 2.29 bits per heavy atom. The Kier molecular flexibility index (Phi) is 6.76. The molecule has 12 heteroatoms. The van der Waals surface area contributed by atoms with Crippen LogP contribution in [0.5, 0.6) is 0 Å². The van der Waals surface area contributed by atoms with Crippen molar-refractivity contribution >= 4 is 34.8 Å². The first kappa shape index (κ1) is 25.7. The van der Waals surface area contributed by atoms with Gasteiger partial charge < -0.3 is 14.5 Å². The number of ether oxygens (including phenoxy) is 1. The number of hydrogen-bond donors (Lipinski definition) is 0. The zero-order valence-electron chi connectivity index (χ0n) is 18.4. The Morgan fingerprint density at radius 2 is 1.77 bits per heavy atom. The highest BCUT2D eigenvalue weighted by Crippen LogP contribution is 2.43. The van der Waals surface area contributed by atoms with E-state index in [0.29, 0.717) is 0 Å². The van der Waals surface area contributed by atoms with E-state index in [1.165, 1.54) is 36.3 Å². The number of oxime groups is 1. The van der Waals surface area contributed by atoms with Gasteiger partial charge in [0.2, 0.25) is 6.10 Å². The number of methoxy groups -OCH3 is 1. The van der Waals surface area contributed by atoms with E-state index < -0.39 is 45.8 Å². The summed E-state index contributed by atoms with van der Waals surface area (Å²) in [6.45, 7) is 1.22. The van der Waals surface area contributed by atoms with Gasteiger partial charge in [-0.05, 0) is 30.2 Å². The molecule has 188 valence electrons. The molecule has 2 aliphatic heterocycles. The van der Waals surface area contributed by atoms with Gasteiger partial charge in [0.15, 0.2) is 11.5 Å². The first-order valence-corrected chi connectivity index (χ1v) is 11.2. The number of likely N-dealkylation sites (tertiary alicyclic amines) is 1. The molecule has 0 N–H and O–H groups in total. The standard InChI is InChI=1S/C23H19Cl2F5N2O3/c1-11(34-2)21(33)32-9-22(27,10-32)14-5-3-12(4-6-14)19-17(20(35-31-19)23(28,29)30)13-7-15(24)18(26)16(25)8-13/h3-8,11,17,20H,9-10H2,1-2H3. The number of alkyl halides is 4. The topological polar surface area (TPSA) is 51.1 Å². The van der Waals surface area contributed by atoms with Crippen LogP contribution in [0.2, 0.25) is 10.0 Å². The molecule has 0 radical (unpaired) electrons. The van der Waals surface area contributed by atoms with E-state index >= 15 is 4.39 Å². The van der Waals surface area contributed by atoms with Gasteiger partial charge >= 0.3 is 6.18 Å². The van der Waals surface area contributed by atoms with Crippen molar-refractivity contribution in [3.8, 4) is 0 Å². The van der Waals surface area contributed by atoms with Crippen LogP contribution in [-0.4, -0.2) is 55.1 Å². The number of halogens is 7. The van der Waals surface area contributed by atoms with Gasteiger partial charge in [-0.15, -0.1) is 0 Å². The molecule has 0 aromatic heterocycles. The predicted octanol–water partition coefficient (Wildman–Crippen LogP) is 5.62. The lowest BCUT2D eigenvalue weighted by Crippen LogP contribution is -2.60. The van der Waals surface area contributed by atoms with Crippen molar-refractivity contribution in [2.24, 2.45) is 5.16 Å². The number of benzene rings is 2. The minimum absolute atomic E-state index is 0.0357. The number of carbonyl (C=O) groups is 1. The second kappa shape index (κ2) is 9.22. The van der Waals surface area contributed by atoms with Crippen molar-refractivity contribution in [2.75, 3.05) is 20.2 Å². The lowest BCUT2D eigenvalue weighted by Gasteiger charge is -2.45. The molecule has 3 unspecified atom stereocenters. The Morgan fingerprint density at radius 1 is 1.20 bits per heavy atom. The molecule has 2 aliphatic rings. The van der Waals surface area contributed by atoms with Crippen LogP contribution in [0.25, 0.3) is 0 Å². The number of rotatable bonds is 5. The SMILES string of the molecule is COC(C)C(=O)N1CC(F)(c2ccc(C3=NOC(C(F)(F)F)C3c3cc(Cl)c(F)c(Cl)c3)cc2)C1. The van der Waals surface area contributed by atoms with Crippen LogP contribution < -0.4 is 0 Å². The Labute approximate surface area is 207 Å². The monoisotopic (exact) mass is 536 g/mol. The average Bonchev–Trinajstić information content (AvgIpc) is 3.25. The molecule has 5 nitrogen and oxygen atoms in total. The number of amides is 1. The zero-order chi connectivity index (χ0) is 25.7. The van der Waals surface area contributed by atoms with E-state index in [2.05, 4.69) is 5.16 Å². The van der Waals surface area contributed by atoms with Crippen LogP contribution in [0, 0.1) is 5.82 Å². The summed E-state index contributed by atoms with van der Waals surface area (Å²) in [7, 11) is 1.38. The third kappa shape index (κ3) is 4.71. The van der Waals surface area contributed by atoms with Crippen LogP contribution >= 0.6 is 23.2 Å². The second-order valence-electron chi connectivity index (χ2n) is 8.44. The number of carbonyl (C=O) groups excluding carboxylic acids is 1. The Bertz CT molecular complexity index is 1140. The quantitative estimate of drug-likeness (QED) is 0.368. The molecule has 2 heterocycles. The molecular formula is C23H19Cl2F5N2O3. The fraction of sp³-hybridized carbons (Fsp3) is 0.391. The normalized spacial score (nSPS) is 22.3. The van der Waals surface area contributed by atoms with Crippen LogP contribution in [0.1, 0.15) is 29.5 Å². The minimum atomic E-state index is -4.80. The maximum atomic E-state index is 15.3. The highest BCUT2D eigenvalue weighted by molar-refractivity contribution is 6.35. The van der Waals surface area contributed by atoms with Crippen LogP contribution in [0.4, 0.5) is 22.0 Å². The maximum absolute atomic E-state index is 15.3. The fourth-order valence-corrected chi connectivity index (χ4v) is 4.64. The van der Waals surface area contributed by atoms with Crippen molar-refractivity contribution in [1.29, 1.82) is 0 Å². The lowest BCUT2D eigenvalue weighted by molar-refractivity contribution is -0.216. The molecular weight excluding hydrogens is 518 g/mol. The molecule has 2 aromatic carbocycles. The highest BCUT2D eigenvalue weighted by atomic mass is 35.5. The van der Waals surface area contributed by atoms with Crippen molar-refractivity contribution in [1.82, 2.24) is 4.90 Å². The van der Waals surface area contributed by atoms with E-state index in [1.807, 2.05) is 0 Å². The first-order chi connectivity index (χ1) is 16.4. The highest BCUT2D eigenvalue weighted by Gasteiger charge is 2.53. The summed E-state index contributed by atoms with van der Waals surface area (Å²) in [4.78, 5) is 18.2. The van der Waals surface area contributed by atoms with Gasteiger partial charge in [0.1, 0.15) is 6.10 Å². The number of hydrogen-bond acceptors (Lipinski definition) is 4. The minimum Gasteiger partial charge on any atom is -0.381 e. The second-order valence-corrected chi connectivity index (χ2v) is 9.25. The fourth-order valence-electron chi connectivity index (χ4n) is 4.14. The molecule has 1 amide bonds. The molecule has 0 spiro atoms. The van der Waals surface area contributed by atoms with E-state index in [-0.39, 0.29) is 41.4 Å². The maximum Gasteiger partial charge on any atom is 0.429 e. The van der Waals surface area contributed by atoms with Crippen LogP contribution in [0.15, 0.2) is 41.6 Å². The Hall–Kier alpha value is -2.43. The summed E-state index contributed by atoms with van der Waals surface area (Å²) in [5.41, 5.74) is -1.43. The van der Waals surface area contributed by atoms with Crippen molar-refractivity contribution in [2.45, 2.75) is 36.9 Å². The first-order valence-electron chi connectivity index (χ1n) is 10.4. The van der Waals surface area contributed by atoms with Crippen molar-refractivity contribution in [3.63, 3.8) is 0 Å². The van der Waals surface area contributed by atoms with Gasteiger partial charge in [0, 0.05) is 12.7 Å². The summed E-state index contributed by atoms with van der Waals surface area (Å²) >= 11 is 11.6. The van der Waals surface area contributed by atoms with Gasteiger partial charge in [-0.1, -0.05) is 52.6 Å². The van der Waals surface area contributed by atoms with E-state index in [0.717, 1.165) is 12.1 Å². The molecule has 1 saturated heterocycles. The third-order valence-corrected chi connectivity index (χ3v) is 6.69. The van der Waals surface area contributed by atoms with Gasteiger partial charge in [0.25, 0.3) is 5.91 Å². The predicted molar refractivity (Wildman–Crippen MR) is 119 cm³/mol. The molecule has 35 heavy (non-hydrogen) atoms. The van der Waals surface area contributed by atoms with E-state index in [4.69, 9.17) is 32.8 Å². The summed E-state index contributed by atoms with van der Waals surface area (Å²) in [5.74, 6) is -2.78. The molecule has 2 aromatic rings. The molecule has 3 atom stereocenters. The van der Waals surface area contributed by atoms with Gasteiger partial charge in [0.05, 0.1) is 34.8 Å². The van der Waals surface area contributed by atoms with Crippen molar-refractivity contribution < 1.29 is 36.3 Å². The summed E-state index contributed by atoms with van der Waals surface area (Å²) in [6.07, 6.45) is -7.85. The van der Waals surface area contributed by atoms with Gasteiger partial charge in [-0.3, -0.25) is 4.79 Å². The average molecular weight is 537 g/mol. The van der Waals surface area contributed by atoms with Gasteiger partial charge in [-0.2, -0.15) is 13.2 Å². The number of nitrogens with zero attached hydrogens (tertiary/aromatic N) is 2. The van der Waals surface area contributed by atoms with Gasteiger partial charge in [-0.25, -0.2) is 8.78 Å². The summed E-state index contributed by atoms with van der Waals surface area (Å²) < 4.78 is 75.2. The molecule has 0 bridgehead atoms. The summed E-state index contributed by atoms with van der Waals surface area (Å²) in [5, 5.41) is 2.75. The van der Waals surface area contributed by atoms with Crippen LogP contribution in [-0.2, 0) is 20.0 Å². The smallest absolute Gasteiger partial charge is 0.381 e. The van der Waals surface area contributed by atoms with Crippen LogP contribution in [0.3, 0.4) is 0 Å². The summed E-state index contributed by atoms with van der Waals surface area (Å²) in [6, 6.07) is 7.76. The zero-order valence-corrected chi connectivity index (χ0v) is 19.9. The largest absolute Gasteiger partial charge is 0.429 e.